The van der Waals surface area contributed by atoms with Crippen molar-refractivity contribution < 1.29 is 9.59 Å². The first-order valence-electron chi connectivity index (χ1n) is 11.1. The molecule has 1 heterocycles. The van der Waals surface area contributed by atoms with Crippen LogP contribution in [0.15, 0.2) is 93.9 Å². The second-order valence-electron chi connectivity index (χ2n) is 8.04. The van der Waals surface area contributed by atoms with Crippen molar-refractivity contribution in [2.45, 2.75) is 19.0 Å². The number of halogens is 2. The van der Waals surface area contributed by atoms with Crippen LogP contribution in [0.3, 0.4) is 0 Å². The molecule has 0 unspecified atom stereocenters. The second kappa shape index (κ2) is 11.5. The molecule has 2 amide bonds. The van der Waals surface area contributed by atoms with Crippen LogP contribution >= 0.6 is 31.9 Å². The van der Waals surface area contributed by atoms with E-state index in [1.165, 1.54) is 0 Å². The van der Waals surface area contributed by atoms with Crippen molar-refractivity contribution in [2.24, 2.45) is 0 Å². The Hall–Kier alpha value is -3.23. The van der Waals surface area contributed by atoms with E-state index in [1.807, 2.05) is 78.9 Å². The van der Waals surface area contributed by atoms with Gasteiger partial charge in [-0.2, -0.15) is 5.10 Å². The van der Waals surface area contributed by atoms with E-state index in [2.05, 4.69) is 42.5 Å². The molecule has 0 aliphatic rings. The lowest BCUT2D eigenvalue weighted by Gasteiger charge is -2.18. The zero-order valence-electron chi connectivity index (χ0n) is 19.0. The molecule has 0 bridgehead atoms. The Bertz CT molecular complexity index is 1320. The Labute approximate surface area is 221 Å². The number of likely N-dealkylation sites (N-methyl/N-ethyl adjacent to an activating group) is 1. The molecule has 0 aliphatic carbocycles. The van der Waals surface area contributed by atoms with Crippen molar-refractivity contribution in [3.8, 4) is 11.3 Å². The van der Waals surface area contributed by atoms with Crippen LogP contribution in [0.4, 0.5) is 0 Å². The molecule has 1 aromatic heterocycles. The number of hydrogen-bond acceptors (Lipinski definition) is 3. The van der Waals surface area contributed by atoms with Crippen molar-refractivity contribution in [1.82, 2.24) is 20.4 Å². The molecular weight excluding hydrogens is 572 g/mol. The van der Waals surface area contributed by atoms with Crippen LogP contribution in [0.25, 0.3) is 11.3 Å². The van der Waals surface area contributed by atoms with Gasteiger partial charge in [-0.3, -0.25) is 14.3 Å². The Morgan fingerprint density at radius 2 is 1.63 bits per heavy atom. The van der Waals surface area contributed by atoms with Crippen LogP contribution < -0.4 is 10.6 Å². The summed E-state index contributed by atoms with van der Waals surface area (Å²) in [5.74, 6) is -0.624. The fraction of sp³-hybridized carbons (Fsp3) is 0.148. The van der Waals surface area contributed by atoms with E-state index < -0.39 is 6.04 Å². The molecule has 4 rings (SSSR count). The molecule has 6 nitrogen and oxygen atoms in total. The van der Waals surface area contributed by atoms with E-state index in [4.69, 9.17) is 5.10 Å². The van der Waals surface area contributed by atoms with Gasteiger partial charge in [0.15, 0.2) is 0 Å². The molecular formula is C27H24Br2N4O2. The van der Waals surface area contributed by atoms with Crippen LogP contribution in [0, 0.1) is 0 Å². The smallest absolute Gasteiger partial charge is 0.270 e. The second-order valence-corrected chi connectivity index (χ2v) is 9.87. The van der Waals surface area contributed by atoms with Gasteiger partial charge in [0.05, 0.1) is 12.2 Å². The van der Waals surface area contributed by atoms with Gasteiger partial charge in [-0.15, -0.1) is 0 Å². The van der Waals surface area contributed by atoms with Gasteiger partial charge in [0.2, 0.25) is 5.91 Å². The van der Waals surface area contributed by atoms with E-state index in [9.17, 15) is 9.59 Å². The molecule has 8 heteroatoms. The number of carbonyl (C=O) groups excluding carboxylic acids is 2. The Kier molecular flexibility index (Phi) is 8.15. The number of aromatic nitrogens is 2. The summed E-state index contributed by atoms with van der Waals surface area (Å²) >= 11 is 6.92. The van der Waals surface area contributed by atoms with Crippen LogP contribution in [-0.4, -0.2) is 34.7 Å². The standard InChI is InChI=1S/C27H24Br2N4O2/c1-30-26(34)24(15-19-6-5-9-22(29)14-19)31-27(35)25-16-23(20-7-3-2-4-8-20)32-33(25)17-18-10-12-21(28)13-11-18/h2-14,16,24H,15,17H2,1H3,(H,30,34)(H,31,35)/t24-/m0/s1. The maximum atomic E-state index is 13.5. The molecule has 35 heavy (non-hydrogen) atoms. The van der Waals surface area contributed by atoms with E-state index in [0.717, 1.165) is 25.6 Å². The van der Waals surface area contributed by atoms with Crippen molar-refractivity contribution >= 4 is 43.7 Å². The highest BCUT2D eigenvalue weighted by Gasteiger charge is 2.24. The Morgan fingerprint density at radius 1 is 0.886 bits per heavy atom. The number of amides is 2. The highest BCUT2D eigenvalue weighted by molar-refractivity contribution is 9.10. The highest BCUT2D eigenvalue weighted by Crippen LogP contribution is 2.21. The summed E-state index contributed by atoms with van der Waals surface area (Å²) in [6.07, 6.45) is 0.358. The number of benzene rings is 3. The lowest BCUT2D eigenvalue weighted by atomic mass is 10.0. The largest absolute Gasteiger partial charge is 0.357 e. The molecule has 4 aromatic rings. The lowest BCUT2D eigenvalue weighted by molar-refractivity contribution is -0.122. The molecule has 1 atom stereocenters. The number of nitrogens with one attached hydrogen (secondary N) is 2. The van der Waals surface area contributed by atoms with Gasteiger partial charge in [0.25, 0.3) is 5.91 Å². The Morgan fingerprint density at radius 3 is 2.31 bits per heavy atom. The first-order valence-corrected chi connectivity index (χ1v) is 12.7. The number of nitrogens with zero attached hydrogens (tertiary/aromatic N) is 2. The van der Waals surface area contributed by atoms with Crippen molar-refractivity contribution in [3.63, 3.8) is 0 Å². The summed E-state index contributed by atoms with van der Waals surface area (Å²) < 4.78 is 3.57. The molecule has 2 N–H and O–H groups in total. The van der Waals surface area contributed by atoms with Gasteiger partial charge in [0, 0.05) is 28.0 Å². The lowest BCUT2D eigenvalue weighted by Crippen LogP contribution is -2.47. The van der Waals surface area contributed by atoms with E-state index in [0.29, 0.717) is 24.4 Å². The quantitative estimate of drug-likeness (QED) is 0.294. The molecule has 3 aromatic carbocycles. The van der Waals surface area contributed by atoms with Gasteiger partial charge >= 0.3 is 0 Å². The summed E-state index contributed by atoms with van der Waals surface area (Å²) in [6.45, 7) is 0.416. The van der Waals surface area contributed by atoms with Gasteiger partial charge < -0.3 is 10.6 Å². The van der Waals surface area contributed by atoms with Crippen LogP contribution in [0.1, 0.15) is 21.6 Å². The molecule has 0 spiro atoms. The van der Waals surface area contributed by atoms with Crippen molar-refractivity contribution in [3.05, 3.63) is 111 Å². The van der Waals surface area contributed by atoms with Gasteiger partial charge in [-0.1, -0.05) is 86.5 Å². The molecule has 0 aliphatic heterocycles. The summed E-state index contributed by atoms with van der Waals surface area (Å²) in [7, 11) is 1.56. The number of carbonyl (C=O) groups is 2. The predicted molar refractivity (Wildman–Crippen MR) is 144 cm³/mol. The maximum Gasteiger partial charge on any atom is 0.270 e. The molecule has 0 fully saturated rings. The van der Waals surface area contributed by atoms with Gasteiger partial charge in [-0.25, -0.2) is 0 Å². The summed E-state index contributed by atoms with van der Waals surface area (Å²) in [5.41, 5.74) is 3.92. The minimum atomic E-state index is -0.738. The fourth-order valence-electron chi connectivity index (χ4n) is 3.75. The fourth-order valence-corrected chi connectivity index (χ4v) is 4.46. The molecule has 0 saturated carbocycles. The molecule has 0 saturated heterocycles. The normalized spacial score (nSPS) is 11.6. The Balaban J connectivity index is 1.64. The topological polar surface area (TPSA) is 76.0 Å². The first-order chi connectivity index (χ1) is 16.9. The summed E-state index contributed by atoms with van der Waals surface area (Å²) in [5, 5.41) is 10.3. The molecule has 178 valence electrons. The minimum Gasteiger partial charge on any atom is -0.357 e. The minimum absolute atomic E-state index is 0.263. The van der Waals surface area contributed by atoms with Crippen molar-refractivity contribution in [1.29, 1.82) is 0 Å². The highest BCUT2D eigenvalue weighted by atomic mass is 79.9. The third-order valence-corrected chi connectivity index (χ3v) is 6.55. The first kappa shape index (κ1) is 24.9. The van der Waals surface area contributed by atoms with Gasteiger partial charge in [-0.05, 0) is 41.5 Å². The van der Waals surface area contributed by atoms with E-state index in [-0.39, 0.29) is 11.8 Å². The third-order valence-electron chi connectivity index (χ3n) is 5.52. The van der Waals surface area contributed by atoms with Crippen LogP contribution in [-0.2, 0) is 17.8 Å². The van der Waals surface area contributed by atoms with Crippen molar-refractivity contribution in [2.75, 3.05) is 7.05 Å². The van der Waals surface area contributed by atoms with Crippen LogP contribution in [0.2, 0.25) is 0 Å². The SMILES string of the molecule is CNC(=O)[C@H](Cc1cccc(Br)c1)NC(=O)c1cc(-c2ccccc2)nn1Cc1ccc(Br)cc1. The average molecular weight is 596 g/mol. The summed E-state index contributed by atoms with van der Waals surface area (Å²) in [6, 6.07) is 26.3. The third kappa shape index (κ3) is 6.46. The number of hydrogen-bond donors (Lipinski definition) is 2. The van der Waals surface area contributed by atoms with Gasteiger partial charge in [0.1, 0.15) is 11.7 Å². The monoisotopic (exact) mass is 594 g/mol. The van der Waals surface area contributed by atoms with E-state index >= 15 is 0 Å². The zero-order chi connectivity index (χ0) is 24.8. The maximum absolute atomic E-state index is 13.5. The molecule has 0 radical (unpaired) electrons. The van der Waals surface area contributed by atoms with E-state index in [1.54, 1.807) is 17.8 Å². The number of rotatable bonds is 8. The summed E-state index contributed by atoms with van der Waals surface area (Å²) in [4.78, 5) is 26.1. The van der Waals surface area contributed by atoms with Crippen LogP contribution in [0.5, 0.6) is 0 Å². The predicted octanol–water partition coefficient (Wildman–Crippen LogP) is 5.21. The average Bonchev–Trinajstić information content (AvgIpc) is 3.29. The zero-order valence-corrected chi connectivity index (χ0v) is 22.2.